The highest BCUT2D eigenvalue weighted by molar-refractivity contribution is 7.09. The van der Waals surface area contributed by atoms with E-state index in [1.807, 2.05) is 6.20 Å². The van der Waals surface area contributed by atoms with E-state index in [9.17, 15) is 0 Å². The Hall–Kier alpha value is -1.58. The Morgan fingerprint density at radius 2 is 2.12 bits per heavy atom. The molecule has 2 aromatic rings. The SMILES string of the molecule is C1=Cc2c(CNCc3cccs3)cccc2[N]1. The van der Waals surface area contributed by atoms with Gasteiger partial charge in [0.05, 0.1) is 5.69 Å². The molecule has 17 heavy (non-hydrogen) atoms. The first-order valence-electron chi connectivity index (χ1n) is 5.66. The molecule has 1 aromatic carbocycles. The van der Waals surface area contributed by atoms with Gasteiger partial charge in [0.15, 0.2) is 0 Å². The first-order chi connectivity index (χ1) is 8.43. The Morgan fingerprint density at radius 1 is 1.12 bits per heavy atom. The van der Waals surface area contributed by atoms with Crippen molar-refractivity contribution in [3.8, 4) is 0 Å². The number of thiophene rings is 1. The Bertz CT molecular complexity index is 529. The first-order valence-corrected chi connectivity index (χ1v) is 6.54. The summed E-state index contributed by atoms with van der Waals surface area (Å²) in [6.07, 6.45) is 3.95. The van der Waals surface area contributed by atoms with Crippen molar-refractivity contribution in [2.75, 3.05) is 0 Å². The molecule has 0 aliphatic carbocycles. The summed E-state index contributed by atoms with van der Waals surface area (Å²) in [5.41, 5.74) is 3.66. The minimum absolute atomic E-state index is 0.890. The molecule has 2 heterocycles. The van der Waals surface area contributed by atoms with E-state index in [1.165, 1.54) is 16.0 Å². The smallest absolute Gasteiger partial charge is 0.0705 e. The van der Waals surface area contributed by atoms with Gasteiger partial charge in [0.25, 0.3) is 0 Å². The highest BCUT2D eigenvalue weighted by atomic mass is 32.1. The Labute approximate surface area is 105 Å². The molecule has 0 fully saturated rings. The van der Waals surface area contributed by atoms with Crippen LogP contribution in [0.4, 0.5) is 5.69 Å². The van der Waals surface area contributed by atoms with Gasteiger partial charge in [0.2, 0.25) is 0 Å². The fraction of sp³-hybridized carbons (Fsp3) is 0.143. The van der Waals surface area contributed by atoms with Crippen LogP contribution in [0.2, 0.25) is 0 Å². The predicted octanol–water partition coefficient (Wildman–Crippen LogP) is 3.26. The molecule has 1 radical (unpaired) electrons. The van der Waals surface area contributed by atoms with Gasteiger partial charge in [0.1, 0.15) is 0 Å². The second-order valence-electron chi connectivity index (χ2n) is 3.98. The highest BCUT2D eigenvalue weighted by Gasteiger charge is 2.09. The second-order valence-corrected chi connectivity index (χ2v) is 5.01. The summed E-state index contributed by atoms with van der Waals surface area (Å²) in [6, 6.07) is 10.5. The van der Waals surface area contributed by atoms with Gasteiger partial charge in [-0.2, -0.15) is 0 Å². The third-order valence-corrected chi connectivity index (χ3v) is 3.70. The molecule has 1 aromatic heterocycles. The van der Waals surface area contributed by atoms with Gasteiger partial charge in [0, 0.05) is 29.7 Å². The maximum absolute atomic E-state index is 4.31. The molecule has 0 unspecified atom stereocenters. The van der Waals surface area contributed by atoms with Crippen LogP contribution in [0, 0.1) is 0 Å². The molecular formula is C14H13N2S. The molecule has 1 aliphatic rings. The maximum atomic E-state index is 4.31. The number of nitrogens with one attached hydrogen (secondary N) is 1. The van der Waals surface area contributed by atoms with Crippen LogP contribution in [0.1, 0.15) is 16.0 Å². The topological polar surface area (TPSA) is 26.1 Å². The van der Waals surface area contributed by atoms with Crippen LogP contribution < -0.4 is 10.6 Å². The van der Waals surface area contributed by atoms with Crippen LogP contribution in [0.25, 0.3) is 6.08 Å². The van der Waals surface area contributed by atoms with Gasteiger partial charge < -0.3 is 5.32 Å². The monoisotopic (exact) mass is 241 g/mol. The molecule has 0 saturated heterocycles. The zero-order valence-corrected chi connectivity index (χ0v) is 10.2. The molecule has 0 spiro atoms. The fourth-order valence-electron chi connectivity index (χ4n) is 1.98. The highest BCUT2D eigenvalue weighted by Crippen LogP contribution is 2.26. The van der Waals surface area contributed by atoms with Gasteiger partial charge in [-0.05, 0) is 29.2 Å². The molecule has 1 aliphatic heterocycles. The summed E-state index contributed by atoms with van der Waals surface area (Å²) in [5, 5.41) is 9.89. The number of hydrogen-bond donors (Lipinski definition) is 1. The fourth-order valence-corrected chi connectivity index (χ4v) is 2.66. The van der Waals surface area contributed by atoms with Crippen molar-refractivity contribution in [3.63, 3.8) is 0 Å². The van der Waals surface area contributed by atoms with Crippen LogP contribution in [0.3, 0.4) is 0 Å². The standard InChI is InChI=1S/C14H13N2S/c1-3-11(13-6-7-16-14(13)5-1)9-15-10-12-4-2-8-17-12/h1-8,15H,9-10H2. The third kappa shape index (κ3) is 2.25. The van der Waals surface area contributed by atoms with Crippen molar-refractivity contribution < 1.29 is 0 Å². The molecule has 3 heteroatoms. The molecular weight excluding hydrogens is 228 g/mol. The minimum atomic E-state index is 0.890. The normalized spacial score (nSPS) is 12.5. The Kier molecular flexibility index (Phi) is 2.94. The van der Waals surface area contributed by atoms with Gasteiger partial charge in [-0.25, -0.2) is 0 Å². The number of benzene rings is 1. The van der Waals surface area contributed by atoms with Crippen LogP contribution in [0.15, 0.2) is 41.9 Å². The van der Waals surface area contributed by atoms with E-state index in [2.05, 4.69) is 52.4 Å². The van der Waals surface area contributed by atoms with Crippen molar-refractivity contribution in [1.29, 1.82) is 0 Å². The predicted molar refractivity (Wildman–Crippen MR) is 72.1 cm³/mol. The largest absolute Gasteiger partial charge is 0.308 e. The first kappa shape index (κ1) is 10.6. The number of fused-ring (bicyclic) bond motifs is 1. The van der Waals surface area contributed by atoms with Gasteiger partial charge in [-0.1, -0.05) is 18.2 Å². The van der Waals surface area contributed by atoms with E-state index >= 15 is 0 Å². The van der Waals surface area contributed by atoms with Crippen molar-refractivity contribution in [2.45, 2.75) is 13.1 Å². The number of hydrogen-bond acceptors (Lipinski definition) is 2. The average molecular weight is 241 g/mol. The van der Waals surface area contributed by atoms with Crippen molar-refractivity contribution in [3.05, 3.63) is 57.9 Å². The lowest BCUT2D eigenvalue weighted by atomic mass is 10.1. The summed E-state index contributed by atoms with van der Waals surface area (Å²) in [5.74, 6) is 0. The summed E-state index contributed by atoms with van der Waals surface area (Å²) in [7, 11) is 0. The van der Waals surface area contributed by atoms with Crippen LogP contribution in [-0.2, 0) is 13.1 Å². The molecule has 3 rings (SSSR count). The van der Waals surface area contributed by atoms with E-state index in [0.717, 1.165) is 18.8 Å². The summed E-state index contributed by atoms with van der Waals surface area (Å²) >= 11 is 1.79. The van der Waals surface area contributed by atoms with E-state index in [-0.39, 0.29) is 0 Å². The zero-order valence-electron chi connectivity index (χ0n) is 9.39. The van der Waals surface area contributed by atoms with Crippen LogP contribution >= 0.6 is 11.3 Å². The Balaban J connectivity index is 1.66. The molecule has 1 N–H and O–H groups in total. The number of rotatable bonds is 4. The van der Waals surface area contributed by atoms with Gasteiger partial charge in [-0.15, -0.1) is 11.3 Å². The van der Waals surface area contributed by atoms with E-state index in [0.29, 0.717) is 0 Å². The minimum Gasteiger partial charge on any atom is -0.308 e. The molecule has 0 bridgehead atoms. The third-order valence-electron chi connectivity index (χ3n) is 2.82. The second kappa shape index (κ2) is 4.73. The van der Waals surface area contributed by atoms with Crippen molar-refractivity contribution in [2.24, 2.45) is 0 Å². The molecule has 85 valence electrons. The zero-order chi connectivity index (χ0) is 11.5. The molecule has 0 atom stereocenters. The van der Waals surface area contributed by atoms with E-state index in [1.54, 1.807) is 11.3 Å². The number of nitrogens with zero attached hydrogens (tertiary/aromatic N) is 1. The van der Waals surface area contributed by atoms with Crippen molar-refractivity contribution in [1.82, 2.24) is 10.6 Å². The lowest BCUT2D eigenvalue weighted by Crippen LogP contribution is -2.12. The van der Waals surface area contributed by atoms with Crippen LogP contribution in [0.5, 0.6) is 0 Å². The maximum Gasteiger partial charge on any atom is 0.0705 e. The lowest BCUT2D eigenvalue weighted by molar-refractivity contribution is 0.700. The summed E-state index contributed by atoms with van der Waals surface area (Å²) in [6.45, 7) is 1.82. The molecule has 2 nitrogen and oxygen atoms in total. The quantitative estimate of drug-likeness (QED) is 0.873. The van der Waals surface area contributed by atoms with Crippen LogP contribution in [-0.4, -0.2) is 0 Å². The lowest BCUT2D eigenvalue weighted by Gasteiger charge is -2.07. The summed E-state index contributed by atoms with van der Waals surface area (Å²) < 4.78 is 0. The van der Waals surface area contributed by atoms with Gasteiger partial charge >= 0.3 is 0 Å². The molecule has 0 amide bonds. The molecule has 0 saturated carbocycles. The average Bonchev–Trinajstić information content (AvgIpc) is 2.99. The van der Waals surface area contributed by atoms with Gasteiger partial charge in [-0.3, -0.25) is 5.32 Å². The van der Waals surface area contributed by atoms with E-state index < -0.39 is 0 Å². The van der Waals surface area contributed by atoms with Crippen molar-refractivity contribution >= 4 is 23.1 Å². The summed E-state index contributed by atoms with van der Waals surface area (Å²) in [4.78, 5) is 1.37. The Morgan fingerprint density at radius 3 is 3.00 bits per heavy atom. The van der Waals surface area contributed by atoms with E-state index in [4.69, 9.17) is 0 Å².